The fourth-order valence-electron chi connectivity index (χ4n) is 1.68. The fraction of sp³-hybridized carbons (Fsp3) is 0.250. The van der Waals surface area contributed by atoms with Crippen molar-refractivity contribution in [1.29, 1.82) is 0 Å². The molecule has 2 aromatic rings. The molecule has 0 spiro atoms. The second-order valence-corrected chi connectivity index (χ2v) is 3.62. The van der Waals surface area contributed by atoms with Crippen LogP contribution in [0.4, 0.5) is 0 Å². The zero-order valence-electron chi connectivity index (χ0n) is 8.85. The van der Waals surface area contributed by atoms with Crippen molar-refractivity contribution in [3.05, 3.63) is 53.6 Å². The summed E-state index contributed by atoms with van der Waals surface area (Å²) in [6.45, 7) is 3.32. The average Bonchev–Trinajstić information content (AvgIpc) is 2.60. The molecule has 0 saturated carbocycles. The number of aromatic nitrogens is 2. The largest absolute Gasteiger partial charge is 0.329 e. The molecule has 0 unspecified atom stereocenters. The van der Waals surface area contributed by atoms with Gasteiger partial charge in [-0.1, -0.05) is 30.3 Å². The van der Waals surface area contributed by atoms with Crippen LogP contribution >= 0.6 is 0 Å². The molecule has 0 fully saturated rings. The Morgan fingerprint density at radius 1 is 1.27 bits per heavy atom. The molecule has 1 heterocycles. The number of nitrogens with zero attached hydrogens (tertiary/aromatic N) is 2. The van der Waals surface area contributed by atoms with E-state index in [9.17, 15) is 0 Å². The molecular weight excluding hydrogens is 186 g/mol. The van der Waals surface area contributed by atoms with E-state index in [2.05, 4.69) is 21.7 Å². The highest BCUT2D eigenvalue weighted by atomic mass is 15.1. The first-order chi connectivity index (χ1) is 7.29. The van der Waals surface area contributed by atoms with E-state index in [4.69, 9.17) is 5.73 Å². The van der Waals surface area contributed by atoms with Gasteiger partial charge in [0.2, 0.25) is 0 Å². The van der Waals surface area contributed by atoms with E-state index in [1.54, 1.807) is 0 Å². The third-order valence-electron chi connectivity index (χ3n) is 2.36. The van der Waals surface area contributed by atoms with E-state index < -0.39 is 0 Å². The Kier molecular flexibility index (Phi) is 2.83. The van der Waals surface area contributed by atoms with Gasteiger partial charge in [0, 0.05) is 12.7 Å². The summed E-state index contributed by atoms with van der Waals surface area (Å²) < 4.78 is 2.10. The van der Waals surface area contributed by atoms with Gasteiger partial charge in [0.1, 0.15) is 5.82 Å². The van der Waals surface area contributed by atoms with Crippen LogP contribution in [0.25, 0.3) is 0 Å². The van der Waals surface area contributed by atoms with Crippen LogP contribution in [-0.4, -0.2) is 9.55 Å². The molecule has 0 radical (unpaired) electrons. The highest BCUT2D eigenvalue weighted by Gasteiger charge is 2.03. The lowest BCUT2D eigenvalue weighted by molar-refractivity contribution is 0.724. The van der Waals surface area contributed by atoms with E-state index in [-0.39, 0.29) is 0 Å². The van der Waals surface area contributed by atoms with Crippen LogP contribution in [0.2, 0.25) is 0 Å². The predicted octanol–water partition coefficient (Wildman–Crippen LogP) is 1.70. The van der Waals surface area contributed by atoms with Crippen LogP contribution in [0, 0.1) is 6.92 Å². The minimum absolute atomic E-state index is 0.487. The lowest BCUT2D eigenvalue weighted by atomic mass is 10.2. The number of benzene rings is 1. The van der Waals surface area contributed by atoms with Crippen molar-refractivity contribution >= 4 is 0 Å². The molecule has 1 aromatic carbocycles. The van der Waals surface area contributed by atoms with Gasteiger partial charge in [-0.2, -0.15) is 0 Å². The fourth-order valence-corrected chi connectivity index (χ4v) is 1.68. The van der Waals surface area contributed by atoms with Crippen LogP contribution in [0.1, 0.15) is 17.1 Å². The Bertz CT molecular complexity index is 431. The minimum Gasteiger partial charge on any atom is -0.329 e. The Morgan fingerprint density at radius 3 is 2.67 bits per heavy atom. The summed E-state index contributed by atoms with van der Waals surface area (Å²) in [7, 11) is 0. The average molecular weight is 201 g/mol. The van der Waals surface area contributed by atoms with Crippen LogP contribution in [0.3, 0.4) is 0 Å². The van der Waals surface area contributed by atoms with Gasteiger partial charge in [-0.3, -0.25) is 0 Å². The van der Waals surface area contributed by atoms with Crippen molar-refractivity contribution in [3.63, 3.8) is 0 Å². The van der Waals surface area contributed by atoms with E-state index >= 15 is 0 Å². The van der Waals surface area contributed by atoms with Gasteiger partial charge >= 0.3 is 0 Å². The zero-order chi connectivity index (χ0) is 10.7. The number of rotatable bonds is 3. The maximum atomic E-state index is 5.63. The molecule has 2 N–H and O–H groups in total. The van der Waals surface area contributed by atoms with Gasteiger partial charge in [-0.15, -0.1) is 0 Å². The highest BCUT2D eigenvalue weighted by Crippen LogP contribution is 2.07. The summed E-state index contributed by atoms with van der Waals surface area (Å²) in [5.74, 6) is 0.941. The van der Waals surface area contributed by atoms with Crippen molar-refractivity contribution in [1.82, 2.24) is 9.55 Å². The Labute approximate surface area is 89.6 Å². The predicted molar refractivity (Wildman–Crippen MR) is 60.4 cm³/mol. The van der Waals surface area contributed by atoms with Gasteiger partial charge in [-0.05, 0) is 12.5 Å². The summed E-state index contributed by atoms with van der Waals surface area (Å²) in [5.41, 5.74) is 7.92. The van der Waals surface area contributed by atoms with Crippen molar-refractivity contribution in [2.45, 2.75) is 20.0 Å². The third kappa shape index (κ3) is 2.25. The van der Waals surface area contributed by atoms with E-state index in [1.807, 2.05) is 31.3 Å². The van der Waals surface area contributed by atoms with Crippen molar-refractivity contribution in [2.24, 2.45) is 5.73 Å². The monoisotopic (exact) mass is 201 g/mol. The zero-order valence-corrected chi connectivity index (χ0v) is 8.85. The van der Waals surface area contributed by atoms with Crippen molar-refractivity contribution in [2.75, 3.05) is 0 Å². The molecule has 3 heteroatoms. The molecule has 2 rings (SSSR count). The first kappa shape index (κ1) is 9.93. The Morgan fingerprint density at radius 2 is 2.00 bits per heavy atom. The molecule has 0 amide bonds. The Hall–Kier alpha value is -1.61. The molecule has 0 aliphatic heterocycles. The van der Waals surface area contributed by atoms with Gasteiger partial charge in [0.05, 0.1) is 12.2 Å². The molecular formula is C12H15N3. The van der Waals surface area contributed by atoms with E-state index in [0.29, 0.717) is 6.54 Å². The second kappa shape index (κ2) is 4.28. The van der Waals surface area contributed by atoms with Gasteiger partial charge < -0.3 is 10.3 Å². The highest BCUT2D eigenvalue weighted by molar-refractivity contribution is 5.16. The van der Waals surface area contributed by atoms with Gasteiger partial charge in [0.15, 0.2) is 0 Å². The van der Waals surface area contributed by atoms with Crippen LogP contribution < -0.4 is 5.73 Å². The summed E-state index contributed by atoms with van der Waals surface area (Å²) >= 11 is 0. The molecule has 15 heavy (non-hydrogen) atoms. The molecule has 1 aromatic heterocycles. The molecule has 0 atom stereocenters. The van der Waals surface area contributed by atoms with Gasteiger partial charge in [-0.25, -0.2) is 4.98 Å². The molecule has 3 nitrogen and oxygen atoms in total. The van der Waals surface area contributed by atoms with Gasteiger partial charge in [0.25, 0.3) is 0 Å². The maximum absolute atomic E-state index is 5.63. The summed E-state index contributed by atoms with van der Waals surface area (Å²) in [6.07, 6.45) is 2.04. The quantitative estimate of drug-likeness (QED) is 0.821. The van der Waals surface area contributed by atoms with Crippen LogP contribution in [0.15, 0.2) is 36.5 Å². The molecule has 0 bridgehead atoms. The summed E-state index contributed by atoms with van der Waals surface area (Å²) in [4.78, 5) is 4.36. The lowest BCUT2D eigenvalue weighted by Crippen LogP contribution is -2.08. The molecule has 0 aliphatic carbocycles. The van der Waals surface area contributed by atoms with Crippen LogP contribution in [-0.2, 0) is 13.1 Å². The molecule has 0 aliphatic rings. The topological polar surface area (TPSA) is 43.8 Å². The number of hydrogen-bond donors (Lipinski definition) is 1. The Balaban J connectivity index is 2.24. The SMILES string of the molecule is Cc1cn(Cc2ccccc2)c(CN)n1. The number of aryl methyl sites for hydroxylation is 1. The third-order valence-corrected chi connectivity index (χ3v) is 2.36. The normalized spacial score (nSPS) is 10.5. The number of nitrogens with two attached hydrogens (primary N) is 1. The van der Waals surface area contributed by atoms with E-state index in [0.717, 1.165) is 18.1 Å². The van der Waals surface area contributed by atoms with E-state index in [1.165, 1.54) is 5.56 Å². The first-order valence-corrected chi connectivity index (χ1v) is 5.06. The summed E-state index contributed by atoms with van der Waals surface area (Å²) in [5, 5.41) is 0. The lowest BCUT2D eigenvalue weighted by Gasteiger charge is -2.05. The maximum Gasteiger partial charge on any atom is 0.123 e. The standard InChI is InChI=1S/C12H15N3/c1-10-8-15(12(7-13)14-10)9-11-5-3-2-4-6-11/h2-6,8H,7,9,13H2,1H3. The number of hydrogen-bond acceptors (Lipinski definition) is 2. The van der Waals surface area contributed by atoms with Crippen LogP contribution in [0.5, 0.6) is 0 Å². The van der Waals surface area contributed by atoms with Crippen molar-refractivity contribution in [3.8, 4) is 0 Å². The smallest absolute Gasteiger partial charge is 0.123 e. The molecule has 0 saturated heterocycles. The molecule has 78 valence electrons. The number of imidazole rings is 1. The first-order valence-electron chi connectivity index (χ1n) is 5.06. The minimum atomic E-state index is 0.487. The summed E-state index contributed by atoms with van der Waals surface area (Å²) in [6, 6.07) is 10.3. The van der Waals surface area contributed by atoms with Crippen molar-refractivity contribution < 1.29 is 0 Å². The second-order valence-electron chi connectivity index (χ2n) is 3.62.